The highest BCUT2D eigenvalue weighted by Gasteiger charge is 2.47. The maximum absolute atomic E-state index is 14.5. The van der Waals surface area contributed by atoms with E-state index in [-0.39, 0.29) is 31.5 Å². The van der Waals surface area contributed by atoms with E-state index in [0.717, 1.165) is 49.4 Å². The van der Waals surface area contributed by atoms with Crippen LogP contribution < -0.4 is 21.7 Å². The number of nitrogens with one attached hydrogen (secondary N) is 5. The summed E-state index contributed by atoms with van der Waals surface area (Å²) >= 11 is 0. The van der Waals surface area contributed by atoms with Crippen molar-refractivity contribution in [3.8, 4) is 0 Å². The smallest absolute Gasteiger partial charge is 0.243 e. The number of carbonyl (C=O) groups excluding carboxylic acids is 4. The third kappa shape index (κ3) is 6.92. The van der Waals surface area contributed by atoms with Crippen LogP contribution in [0.4, 0.5) is 0 Å². The van der Waals surface area contributed by atoms with Gasteiger partial charge in [-0.15, -0.1) is 15.4 Å². The quantitative estimate of drug-likeness (QED) is 0.131. The summed E-state index contributed by atoms with van der Waals surface area (Å²) in [5.74, 6) is -2.21. The number of nitrogens with two attached hydrogens (primary N) is 1. The van der Waals surface area contributed by atoms with Gasteiger partial charge in [0, 0.05) is 57.2 Å². The van der Waals surface area contributed by atoms with E-state index in [1.54, 1.807) is 15.8 Å². The van der Waals surface area contributed by atoms with E-state index in [9.17, 15) is 24.4 Å². The second kappa shape index (κ2) is 14.2. The maximum Gasteiger partial charge on any atom is 0.243 e. The molecule has 3 aliphatic heterocycles. The number of rotatable bonds is 9. The molecule has 0 saturated carbocycles. The van der Waals surface area contributed by atoms with E-state index in [1.165, 1.54) is 0 Å². The lowest BCUT2D eigenvalue weighted by Gasteiger charge is -2.49. The van der Waals surface area contributed by atoms with Crippen LogP contribution in [0.1, 0.15) is 81.2 Å². The number of nitrogens with zero attached hydrogens (tertiary/aromatic N) is 5. The van der Waals surface area contributed by atoms with Gasteiger partial charge in [0.05, 0.1) is 37.8 Å². The van der Waals surface area contributed by atoms with Crippen molar-refractivity contribution < 1.29 is 24.4 Å². The van der Waals surface area contributed by atoms with E-state index in [1.807, 2.05) is 76.2 Å². The van der Waals surface area contributed by atoms with Gasteiger partial charge in [0.25, 0.3) is 0 Å². The Balaban J connectivity index is 0.999. The molecule has 16 heteroatoms. The van der Waals surface area contributed by atoms with Gasteiger partial charge >= 0.3 is 0 Å². The van der Waals surface area contributed by atoms with Gasteiger partial charge < -0.3 is 31.2 Å². The molecular weight excluding hydrogens is 715 g/mol. The average Bonchev–Trinajstić information content (AvgIpc) is 3.89. The summed E-state index contributed by atoms with van der Waals surface area (Å²) < 4.78 is 1.73. The molecule has 8 rings (SSSR count). The summed E-state index contributed by atoms with van der Waals surface area (Å²) in [6.45, 7) is 8.24. The lowest BCUT2D eigenvalue weighted by atomic mass is 9.79. The lowest BCUT2D eigenvalue weighted by molar-refractivity contribution is -0.293. The van der Waals surface area contributed by atoms with E-state index >= 15 is 0 Å². The third-order valence-corrected chi connectivity index (χ3v) is 11.7. The maximum atomic E-state index is 14.5. The molecule has 1 fully saturated rings. The van der Waals surface area contributed by atoms with Gasteiger partial charge in [0.15, 0.2) is 0 Å². The molecule has 1 radical (unpaired) electrons. The predicted molar refractivity (Wildman–Crippen MR) is 206 cm³/mol. The molecule has 0 spiro atoms. The van der Waals surface area contributed by atoms with Crippen LogP contribution in [-0.4, -0.2) is 87.8 Å². The fourth-order valence-corrected chi connectivity index (χ4v) is 9.14. The Bertz CT molecular complexity index is 2320. The van der Waals surface area contributed by atoms with Crippen LogP contribution in [0.3, 0.4) is 0 Å². The van der Waals surface area contributed by atoms with Gasteiger partial charge in [-0.1, -0.05) is 41.6 Å². The zero-order valence-corrected chi connectivity index (χ0v) is 32.0. The van der Waals surface area contributed by atoms with Crippen molar-refractivity contribution in [3.63, 3.8) is 0 Å². The minimum Gasteiger partial charge on any atom is -0.370 e. The van der Waals surface area contributed by atoms with Crippen molar-refractivity contribution in [3.05, 3.63) is 82.9 Å². The molecule has 16 nitrogen and oxygen atoms in total. The zero-order chi connectivity index (χ0) is 39.5. The minimum absolute atomic E-state index is 0.0208. The molecule has 3 aromatic heterocycles. The monoisotopic (exact) mass is 762 g/mol. The van der Waals surface area contributed by atoms with Gasteiger partial charge in [0.2, 0.25) is 23.6 Å². The van der Waals surface area contributed by atoms with Crippen molar-refractivity contribution in [2.24, 2.45) is 5.73 Å². The summed E-state index contributed by atoms with van der Waals surface area (Å²) in [4.78, 5) is 63.2. The molecule has 7 N–H and O–H groups in total. The molecule has 2 aromatic carbocycles. The van der Waals surface area contributed by atoms with Crippen molar-refractivity contribution in [1.82, 2.24) is 50.9 Å². The fourth-order valence-electron chi connectivity index (χ4n) is 9.14. The Kier molecular flexibility index (Phi) is 9.45. The molecule has 1 saturated heterocycles. The standard InChI is InChI=1S/C40H48N11O5/c1-39(2)16-23(17-40(3,4)51(39)56)50-20-22(47-48-50)18-43-36(53)30(15-35(41)52)46-37(54)34-14-27-25-10-6-8-12-29(25)45-33(27)21-49(34)38(55)31-13-26-24-9-5-7-11-28(24)44-32(26)19-42-31/h5-12,20,23,30-31,34,42,44-45H,13-19,21H2,1-4H3,(H2,41,52)(H,43,53)(H,46,54)/t30-,31+,34+/m1/s1. The number of H-pyrrole nitrogens is 2. The van der Waals surface area contributed by atoms with Gasteiger partial charge in [-0.05, 0) is 70.2 Å². The number of hydrogen-bond donors (Lipinski definition) is 6. The Labute approximate surface area is 323 Å². The Morgan fingerprint density at radius 1 is 0.911 bits per heavy atom. The highest BCUT2D eigenvalue weighted by Crippen LogP contribution is 2.42. The van der Waals surface area contributed by atoms with Crippen molar-refractivity contribution >= 4 is 45.4 Å². The summed E-state index contributed by atoms with van der Waals surface area (Å²) in [5, 5.41) is 33.5. The van der Waals surface area contributed by atoms with E-state index < -0.39 is 53.3 Å². The SMILES string of the molecule is CC1(C)CC(n2cc(CNC(=O)[C@@H](CC(N)=O)NC(=O)[C@@H]3Cc4c([nH]c5ccccc45)CN3C(=O)[C@@H]3Cc4c([nH]c5ccccc45)CN3)nn2)CC(C)(C)N1[O]. The van der Waals surface area contributed by atoms with Gasteiger partial charge in [-0.25, -0.2) is 4.68 Å². The van der Waals surface area contributed by atoms with E-state index in [2.05, 4.69) is 36.2 Å². The molecule has 6 heterocycles. The minimum atomic E-state index is -1.30. The van der Waals surface area contributed by atoms with Gasteiger partial charge in [-0.3, -0.25) is 24.5 Å². The average molecular weight is 763 g/mol. The summed E-state index contributed by atoms with van der Waals surface area (Å²) in [6, 6.07) is 12.8. The predicted octanol–water partition coefficient (Wildman–Crippen LogP) is 2.42. The number of carbonyl (C=O) groups is 4. The van der Waals surface area contributed by atoms with Gasteiger partial charge in [-0.2, -0.15) is 0 Å². The highest BCUT2D eigenvalue weighted by atomic mass is 16.5. The largest absolute Gasteiger partial charge is 0.370 e. The van der Waals surface area contributed by atoms with Crippen molar-refractivity contribution in [2.45, 2.75) is 115 Å². The number of piperidine rings is 1. The number of aromatic nitrogens is 5. The van der Waals surface area contributed by atoms with Crippen molar-refractivity contribution in [1.29, 1.82) is 0 Å². The Hall–Kier alpha value is -5.58. The second-order valence-corrected chi connectivity index (χ2v) is 16.7. The zero-order valence-electron chi connectivity index (χ0n) is 32.0. The summed E-state index contributed by atoms with van der Waals surface area (Å²) in [5.41, 5.74) is 10.6. The number of aromatic amines is 2. The number of benzene rings is 2. The van der Waals surface area contributed by atoms with Crippen LogP contribution in [0.25, 0.3) is 21.8 Å². The topological polar surface area (TPSA) is 219 Å². The Morgan fingerprint density at radius 3 is 2.20 bits per heavy atom. The van der Waals surface area contributed by atoms with E-state index in [0.29, 0.717) is 31.5 Å². The van der Waals surface area contributed by atoms with Crippen molar-refractivity contribution in [2.75, 3.05) is 0 Å². The fraction of sp³-hybridized carbons (Fsp3) is 0.450. The molecule has 56 heavy (non-hydrogen) atoms. The first-order valence-corrected chi connectivity index (χ1v) is 19.1. The highest BCUT2D eigenvalue weighted by molar-refractivity contribution is 5.97. The molecular formula is C40H48N11O5. The number of para-hydroxylation sites is 2. The Morgan fingerprint density at radius 2 is 1.54 bits per heavy atom. The summed E-state index contributed by atoms with van der Waals surface area (Å²) in [7, 11) is 0. The number of hydrogen-bond acceptors (Lipinski definition) is 8. The molecule has 0 bridgehead atoms. The van der Waals surface area contributed by atoms with Crippen LogP contribution in [-0.2, 0) is 56.9 Å². The van der Waals surface area contributed by atoms with E-state index in [4.69, 9.17) is 5.73 Å². The molecule has 4 amide bonds. The molecule has 3 aliphatic rings. The first kappa shape index (κ1) is 37.3. The molecule has 5 aromatic rings. The van der Waals surface area contributed by atoms with Crippen LogP contribution in [0.5, 0.6) is 0 Å². The van der Waals surface area contributed by atoms with Crippen LogP contribution in [0.2, 0.25) is 0 Å². The van der Waals surface area contributed by atoms with Crippen LogP contribution >= 0.6 is 0 Å². The third-order valence-electron chi connectivity index (χ3n) is 11.7. The molecule has 0 unspecified atom stereocenters. The first-order chi connectivity index (χ1) is 26.7. The molecule has 0 aliphatic carbocycles. The number of fused-ring (bicyclic) bond motifs is 6. The van der Waals surface area contributed by atoms with Crippen LogP contribution in [0.15, 0.2) is 54.7 Å². The molecule has 3 atom stereocenters. The molecule has 293 valence electrons. The normalized spacial score (nSPS) is 21.3. The summed E-state index contributed by atoms with van der Waals surface area (Å²) in [6.07, 6.45) is 3.08. The van der Waals surface area contributed by atoms with Crippen LogP contribution in [0, 0.1) is 0 Å². The number of hydroxylamine groups is 2. The number of primary amides is 1. The van der Waals surface area contributed by atoms with Gasteiger partial charge in [0.1, 0.15) is 17.8 Å². The lowest BCUT2D eigenvalue weighted by Crippen LogP contribution is -2.60. The second-order valence-electron chi connectivity index (χ2n) is 16.7. The number of amides is 4. The first-order valence-electron chi connectivity index (χ1n) is 19.1.